The first-order chi connectivity index (χ1) is 6.91. The molecule has 0 bridgehead atoms. The van der Waals surface area contributed by atoms with Crippen LogP contribution in [0.15, 0.2) is 12.2 Å². The van der Waals surface area contributed by atoms with E-state index in [-0.39, 0.29) is 29.6 Å². The van der Waals surface area contributed by atoms with Crippen LogP contribution in [-0.2, 0) is 0 Å². The van der Waals surface area contributed by atoms with Crippen molar-refractivity contribution in [2.24, 2.45) is 0 Å². The van der Waals surface area contributed by atoms with E-state index in [2.05, 4.69) is 19.9 Å². The average Bonchev–Trinajstić information content (AvgIpc) is 2.21. The third kappa shape index (κ3) is 17.4. The molecule has 0 aromatic rings. The van der Waals surface area contributed by atoms with Crippen molar-refractivity contribution in [3.63, 3.8) is 0 Å². The van der Waals surface area contributed by atoms with Crippen LogP contribution in [0, 0.1) is 6.92 Å². The van der Waals surface area contributed by atoms with Crippen LogP contribution in [0.3, 0.4) is 0 Å². The van der Waals surface area contributed by atoms with Gasteiger partial charge >= 0.3 is 29.6 Å². The van der Waals surface area contributed by atoms with Crippen molar-refractivity contribution in [2.75, 3.05) is 0 Å². The van der Waals surface area contributed by atoms with Gasteiger partial charge in [0, 0.05) is 0 Å². The first kappa shape index (κ1) is 18.1. The van der Waals surface area contributed by atoms with Crippen molar-refractivity contribution in [3.05, 3.63) is 19.1 Å². The molecular formula is C14H28Na. The molecule has 0 amide bonds. The molecule has 0 aromatic carbocycles. The Bertz CT molecular complexity index is 119. The molecule has 85 valence electrons. The van der Waals surface area contributed by atoms with Crippen molar-refractivity contribution < 1.29 is 0 Å². The molecule has 0 N–H and O–H groups in total. The Morgan fingerprint density at radius 2 is 1.27 bits per heavy atom. The standard InChI is InChI=1S/C14H27.Na.H/c1-3-5-7-9-11-13-14-12-10-8-6-4-2;;/h3,5H,1,4,6-14H2,2H3;;. The Labute approximate surface area is 119 Å². The molecule has 0 saturated heterocycles. The fraction of sp³-hybridized carbons (Fsp3) is 0.786. The SMILES string of the molecule is [CH2]C=CCCCCCCCCCCC.[NaH]. The van der Waals surface area contributed by atoms with Crippen molar-refractivity contribution in [1.29, 1.82) is 0 Å². The molecule has 0 aliphatic rings. The summed E-state index contributed by atoms with van der Waals surface area (Å²) in [6.45, 7) is 5.95. The van der Waals surface area contributed by atoms with Gasteiger partial charge in [0.05, 0.1) is 0 Å². The number of allylic oxidation sites excluding steroid dienone is 2. The van der Waals surface area contributed by atoms with Crippen LogP contribution in [0.2, 0.25) is 0 Å². The van der Waals surface area contributed by atoms with E-state index < -0.39 is 0 Å². The zero-order valence-corrected chi connectivity index (χ0v) is 9.93. The molecule has 15 heavy (non-hydrogen) atoms. The van der Waals surface area contributed by atoms with E-state index in [9.17, 15) is 0 Å². The van der Waals surface area contributed by atoms with Gasteiger partial charge in [-0.1, -0.05) is 70.4 Å². The van der Waals surface area contributed by atoms with E-state index in [0.29, 0.717) is 0 Å². The molecule has 0 atom stereocenters. The molecular weight excluding hydrogens is 191 g/mol. The van der Waals surface area contributed by atoms with Crippen LogP contribution in [0.4, 0.5) is 0 Å². The number of hydrogen-bond donors (Lipinski definition) is 0. The first-order valence-corrected chi connectivity index (χ1v) is 6.36. The number of rotatable bonds is 10. The normalized spacial score (nSPS) is 10.5. The van der Waals surface area contributed by atoms with Gasteiger partial charge in [-0.05, 0) is 19.8 Å². The van der Waals surface area contributed by atoms with Crippen molar-refractivity contribution >= 4 is 29.6 Å². The molecule has 0 rings (SSSR count). The van der Waals surface area contributed by atoms with Crippen LogP contribution in [0.5, 0.6) is 0 Å². The maximum atomic E-state index is 3.68. The van der Waals surface area contributed by atoms with Crippen LogP contribution < -0.4 is 0 Å². The van der Waals surface area contributed by atoms with Crippen molar-refractivity contribution in [1.82, 2.24) is 0 Å². The molecule has 0 nitrogen and oxygen atoms in total. The molecule has 1 radical (unpaired) electrons. The van der Waals surface area contributed by atoms with E-state index >= 15 is 0 Å². The monoisotopic (exact) mass is 219 g/mol. The third-order valence-corrected chi connectivity index (χ3v) is 2.64. The number of hydrogen-bond acceptors (Lipinski definition) is 0. The summed E-state index contributed by atoms with van der Waals surface area (Å²) in [5, 5.41) is 0. The zero-order chi connectivity index (χ0) is 10.5. The Balaban J connectivity index is 0. The van der Waals surface area contributed by atoms with Gasteiger partial charge in [-0.3, -0.25) is 0 Å². The summed E-state index contributed by atoms with van der Waals surface area (Å²) in [6.07, 6.45) is 18.0. The van der Waals surface area contributed by atoms with Gasteiger partial charge in [0.25, 0.3) is 0 Å². The molecule has 0 unspecified atom stereocenters. The second-order valence-corrected chi connectivity index (χ2v) is 4.09. The summed E-state index contributed by atoms with van der Waals surface area (Å²) in [7, 11) is 0. The Hall–Kier alpha value is 0.740. The predicted molar refractivity (Wildman–Crippen MR) is 73.5 cm³/mol. The van der Waals surface area contributed by atoms with Gasteiger partial charge in [0.15, 0.2) is 0 Å². The van der Waals surface area contributed by atoms with Gasteiger partial charge < -0.3 is 0 Å². The molecule has 0 saturated carbocycles. The van der Waals surface area contributed by atoms with Gasteiger partial charge in [0.1, 0.15) is 0 Å². The third-order valence-electron chi connectivity index (χ3n) is 2.64. The van der Waals surface area contributed by atoms with Gasteiger partial charge in [0.2, 0.25) is 0 Å². The minimum absolute atomic E-state index is 0. The molecule has 0 aliphatic heterocycles. The van der Waals surface area contributed by atoms with E-state index in [1.807, 2.05) is 6.08 Å². The minimum atomic E-state index is 0. The predicted octanol–water partition coefficient (Wildman–Crippen LogP) is 4.65. The molecule has 0 heterocycles. The molecule has 0 aromatic heterocycles. The van der Waals surface area contributed by atoms with E-state index in [1.54, 1.807) is 0 Å². The summed E-state index contributed by atoms with van der Waals surface area (Å²) >= 11 is 0. The Kier molecular flexibility index (Phi) is 20.7. The fourth-order valence-electron chi connectivity index (χ4n) is 1.69. The topological polar surface area (TPSA) is 0 Å². The first-order valence-electron chi connectivity index (χ1n) is 6.36. The molecule has 0 fully saturated rings. The second kappa shape index (κ2) is 17.1. The quantitative estimate of drug-likeness (QED) is 0.370. The van der Waals surface area contributed by atoms with Crippen LogP contribution in [-0.4, -0.2) is 29.6 Å². The van der Waals surface area contributed by atoms with Gasteiger partial charge in [-0.15, -0.1) is 0 Å². The summed E-state index contributed by atoms with van der Waals surface area (Å²) in [6, 6.07) is 0. The van der Waals surface area contributed by atoms with Crippen LogP contribution >= 0.6 is 0 Å². The maximum absolute atomic E-state index is 3.68. The summed E-state index contributed by atoms with van der Waals surface area (Å²) < 4.78 is 0. The summed E-state index contributed by atoms with van der Waals surface area (Å²) in [5.41, 5.74) is 0. The average molecular weight is 219 g/mol. The second-order valence-electron chi connectivity index (χ2n) is 4.09. The molecule has 0 aliphatic carbocycles. The van der Waals surface area contributed by atoms with Crippen molar-refractivity contribution in [2.45, 2.75) is 71.1 Å². The molecule has 0 spiro atoms. The van der Waals surface area contributed by atoms with Crippen LogP contribution in [0.25, 0.3) is 0 Å². The van der Waals surface area contributed by atoms with E-state index in [0.717, 1.165) is 0 Å². The van der Waals surface area contributed by atoms with Gasteiger partial charge in [-0.2, -0.15) is 0 Å². The van der Waals surface area contributed by atoms with Gasteiger partial charge in [-0.25, -0.2) is 0 Å². The van der Waals surface area contributed by atoms with Crippen LogP contribution in [0.1, 0.15) is 71.1 Å². The van der Waals surface area contributed by atoms with E-state index in [1.165, 1.54) is 64.2 Å². The van der Waals surface area contributed by atoms with Crippen molar-refractivity contribution in [3.8, 4) is 0 Å². The molecule has 1 heteroatoms. The Morgan fingerprint density at radius 1 is 0.800 bits per heavy atom. The number of unbranched alkanes of at least 4 members (excludes halogenated alkanes) is 9. The summed E-state index contributed by atoms with van der Waals surface area (Å²) in [5.74, 6) is 0. The Morgan fingerprint density at radius 3 is 1.73 bits per heavy atom. The summed E-state index contributed by atoms with van der Waals surface area (Å²) in [4.78, 5) is 0. The van der Waals surface area contributed by atoms with E-state index in [4.69, 9.17) is 0 Å². The fourth-order valence-corrected chi connectivity index (χ4v) is 1.69. The zero-order valence-electron chi connectivity index (χ0n) is 9.93.